The summed E-state index contributed by atoms with van der Waals surface area (Å²) in [5.74, 6) is 2.22. The fraction of sp³-hybridized carbons (Fsp3) is 0.600. The van der Waals surface area contributed by atoms with Crippen LogP contribution >= 0.6 is 24.0 Å². The molecule has 2 rings (SSSR count). The van der Waals surface area contributed by atoms with Crippen molar-refractivity contribution < 1.29 is 4.79 Å². The SMILES string of the molecule is C=CCNC(=NCC(=O)N(C)C)NC1CCCn2nc(C)nc21.I. The minimum atomic E-state index is -0.0487. The van der Waals surface area contributed by atoms with E-state index in [0.29, 0.717) is 12.5 Å². The van der Waals surface area contributed by atoms with E-state index >= 15 is 0 Å². The van der Waals surface area contributed by atoms with Gasteiger partial charge in [0.1, 0.15) is 18.2 Å². The second-order valence-electron chi connectivity index (χ2n) is 5.70. The molecule has 0 saturated heterocycles. The summed E-state index contributed by atoms with van der Waals surface area (Å²) in [6.07, 6.45) is 3.73. The zero-order valence-corrected chi connectivity index (χ0v) is 16.8. The van der Waals surface area contributed by atoms with Gasteiger partial charge >= 0.3 is 0 Å². The van der Waals surface area contributed by atoms with E-state index in [-0.39, 0.29) is 42.5 Å². The maximum atomic E-state index is 11.7. The molecule has 0 radical (unpaired) electrons. The van der Waals surface area contributed by atoms with Crippen LogP contribution in [0.2, 0.25) is 0 Å². The number of nitrogens with zero attached hydrogens (tertiary/aromatic N) is 5. The van der Waals surface area contributed by atoms with Gasteiger partial charge in [-0.3, -0.25) is 4.79 Å². The number of hydrogen-bond donors (Lipinski definition) is 2. The minimum Gasteiger partial charge on any atom is -0.353 e. The number of nitrogens with one attached hydrogen (secondary N) is 2. The number of guanidine groups is 1. The van der Waals surface area contributed by atoms with Gasteiger partial charge in [-0.1, -0.05) is 6.08 Å². The molecule has 2 N–H and O–H groups in total. The van der Waals surface area contributed by atoms with Crippen LogP contribution in [0.1, 0.15) is 30.5 Å². The van der Waals surface area contributed by atoms with Crippen LogP contribution in [0.4, 0.5) is 0 Å². The van der Waals surface area contributed by atoms with Gasteiger partial charge in [-0.15, -0.1) is 30.6 Å². The van der Waals surface area contributed by atoms with Gasteiger partial charge in [-0.25, -0.2) is 14.7 Å². The standard InChI is InChI=1S/C15H25N7O.HI/c1-5-8-16-15(17-10-13(23)21(3)4)19-12-7-6-9-22-14(12)18-11(2)20-22;/h5,12H,1,6-10H2,2-4H3,(H2,16,17,19);1H. The quantitative estimate of drug-likeness (QED) is 0.303. The molecule has 0 saturated carbocycles. The van der Waals surface area contributed by atoms with Crippen LogP contribution in [-0.2, 0) is 11.3 Å². The summed E-state index contributed by atoms with van der Waals surface area (Å²) in [5.41, 5.74) is 0. The lowest BCUT2D eigenvalue weighted by Crippen LogP contribution is -2.42. The van der Waals surface area contributed by atoms with Gasteiger partial charge in [0.25, 0.3) is 0 Å². The lowest BCUT2D eigenvalue weighted by molar-refractivity contribution is -0.127. The molecular formula is C15H26IN7O. The molecule has 1 aromatic rings. The third-order valence-corrected chi connectivity index (χ3v) is 3.58. The molecule has 0 fully saturated rings. The van der Waals surface area contributed by atoms with E-state index in [1.165, 1.54) is 4.90 Å². The van der Waals surface area contributed by atoms with Crippen molar-refractivity contribution in [3.63, 3.8) is 0 Å². The van der Waals surface area contributed by atoms with E-state index in [1.807, 2.05) is 11.6 Å². The molecule has 134 valence electrons. The molecule has 0 bridgehead atoms. The normalized spacial score (nSPS) is 16.6. The lowest BCUT2D eigenvalue weighted by atomic mass is 10.1. The molecule has 1 unspecified atom stereocenters. The number of carbonyl (C=O) groups excluding carboxylic acids is 1. The van der Waals surface area contributed by atoms with E-state index in [2.05, 4.69) is 32.3 Å². The number of halogens is 1. The first-order valence-electron chi connectivity index (χ1n) is 7.78. The fourth-order valence-electron chi connectivity index (χ4n) is 2.38. The summed E-state index contributed by atoms with van der Waals surface area (Å²) >= 11 is 0. The number of carbonyl (C=O) groups is 1. The lowest BCUT2D eigenvalue weighted by Gasteiger charge is -2.25. The second kappa shape index (κ2) is 9.60. The molecule has 0 spiro atoms. The second-order valence-corrected chi connectivity index (χ2v) is 5.70. The average molecular weight is 447 g/mol. The Morgan fingerprint density at radius 1 is 1.54 bits per heavy atom. The van der Waals surface area contributed by atoms with Crippen molar-refractivity contribution >= 4 is 35.8 Å². The van der Waals surface area contributed by atoms with E-state index in [0.717, 1.165) is 31.0 Å². The molecule has 1 atom stereocenters. The zero-order chi connectivity index (χ0) is 16.8. The van der Waals surface area contributed by atoms with Gasteiger partial charge in [0, 0.05) is 27.2 Å². The van der Waals surface area contributed by atoms with Gasteiger partial charge in [0.15, 0.2) is 5.96 Å². The Bertz CT molecular complexity index is 597. The van der Waals surface area contributed by atoms with Crippen LogP contribution in [0.15, 0.2) is 17.6 Å². The van der Waals surface area contributed by atoms with E-state index in [9.17, 15) is 4.79 Å². The summed E-state index contributed by atoms with van der Waals surface area (Å²) in [7, 11) is 3.43. The molecule has 1 amide bonds. The van der Waals surface area contributed by atoms with Crippen LogP contribution in [0, 0.1) is 6.92 Å². The van der Waals surface area contributed by atoms with E-state index in [1.54, 1.807) is 20.2 Å². The third kappa shape index (κ3) is 5.46. The van der Waals surface area contributed by atoms with Crippen molar-refractivity contribution in [2.75, 3.05) is 27.2 Å². The van der Waals surface area contributed by atoms with E-state index < -0.39 is 0 Å². The monoisotopic (exact) mass is 447 g/mol. The highest BCUT2D eigenvalue weighted by atomic mass is 127. The van der Waals surface area contributed by atoms with Crippen molar-refractivity contribution in [3.8, 4) is 0 Å². The van der Waals surface area contributed by atoms with Gasteiger partial charge in [0.2, 0.25) is 5.91 Å². The molecule has 0 aliphatic carbocycles. The van der Waals surface area contributed by atoms with Crippen molar-refractivity contribution in [1.82, 2.24) is 30.3 Å². The molecule has 1 aliphatic heterocycles. The molecule has 9 heteroatoms. The van der Waals surface area contributed by atoms with Crippen LogP contribution in [0.5, 0.6) is 0 Å². The molecule has 2 heterocycles. The summed E-state index contributed by atoms with van der Waals surface area (Å²) in [5, 5.41) is 10.9. The maximum Gasteiger partial charge on any atom is 0.243 e. The summed E-state index contributed by atoms with van der Waals surface area (Å²) in [6, 6.07) is 0.0375. The third-order valence-electron chi connectivity index (χ3n) is 3.58. The number of aryl methyl sites for hydroxylation is 2. The summed E-state index contributed by atoms with van der Waals surface area (Å²) in [6.45, 7) is 7.14. The topological polar surface area (TPSA) is 87.4 Å². The van der Waals surface area contributed by atoms with Crippen molar-refractivity contribution in [2.45, 2.75) is 32.4 Å². The summed E-state index contributed by atoms with van der Waals surface area (Å²) < 4.78 is 1.94. The van der Waals surface area contributed by atoms with Gasteiger partial charge < -0.3 is 15.5 Å². The molecule has 1 aromatic heterocycles. The molecule has 8 nitrogen and oxygen atoms in total. The number of rotatable bonds is 5. The predicted octanol–water partition coefficient (Wildman–Crippen LogP) is 0.849. The van der Waals surface area contributed by atoms with Gasteiger partial charge in [0.05, 0.1) is 6.04 Å². The van der Waals surface area contributed by atoms with Crippen LogP contribution in [-0.4, -0.2) is 58.7 Å². The molecular weight excluding hydrogens is 421 g/mol. The first-order valence-corrected chi connectivity index (χ1v) is 7.78. The number of hydrogen-bond acceptors (Lipinski definition) is 4. The van der Waals surface area contributed by atoms with Crippen LogP contribution in [0.25, 0.3) is 0 Å². The number of likely N-dealkylation sites (N-methyl/N-ethyl adjacent to an activating group) is 1. The largest absolute Gasteiger partial charge is 0.353 e. The van der Waals surface area contributed by atoms with E-state index in [4.69, 9.17) is 0 Å². The Kier molecular flexibility index (Phi) is 8.16. The molecule has 24 heavy (non-hydrogen) atoms. The fourth-order valence-corrected chi connectivity index (χ4v) is 2.38. The predicted molar refractivity (Wildman–Crippen MR) is 104 cm³/mol. The van der Waals surface area contributed by atoms with Crippen molar-refractivity contribution in [2.24, 2.45) is 4.99 Å². The Hall–Kier alpha value is -1.65. The first-order chi connectivity index (χ1) is 11.0. The number of fused-ring (bicyclic) bond motifs is 1. The smallest absolute Gasteiger partial charge is 0.243 e. The number of aromatic nitrogens is 3. The highest BCUT2D eigenvalue weighted by molar-refractivity contribution is 14.0. The number of amides is 1. The highest BCUT2D eigenvalue weighted by Gasteiger charge is 2.24. The van der Waals surface area contributed by atoms with Crippen LogP contribution in [0.3, 0.4) is 0 Å². The van der Waals surface area contributed by atoms with Crippen LogP contribution < -0.4 is 10.6 Å². The van der Waals surface area contributed by atoms with Gasteiger partial charge in [-0.2, -0.15) is 5.10 Å². The highest BCUT2D eigenvalue weighted by Crippen LogP contribution is 2.22. The maximum absolute atomic E-state index is 11.7. The Balaban J connectivity index is 0.00000288. The Morgan fingerprint density at radius 2 is 2.29 bits per heavy atom. The molecule has 0 aromatic carbocycles. The van der Waals surface area contributed by atoms with Gasteiger partial charge in [-0.05, 0) is 19.8 Å². The summed E-state index contributed by atoms with van der Waals surface area (Å²) in [4.78, 5) is 22.1. The zero-order valence-electron chi connectivity index (χ0n) is 14.4. The average Bonchev–Trinajstić information content (AvgIpc) is 2.90. The van der Waals surface area contributed by atoms with Crippen molar-refractivity contribution in [1.29, 1.82) is 0 Å². The Labute approximate surface area is 159 Å². The molecule has 1 aliphatic rings. The Morgan fingerprint density at radius 3 is 2.96 bits per heavy atom. The minimum absolute atomic E-state index is 0. The number of aliphatic imine (C=N–C) groups is 1. The van der Waals surface area contributed by atoms with Crippen molar-refractivity contribution in [3.05, 3.63) is 24.3 Å². The first kappa shape index (κ1) is 20.4.